The number of anilines is 1. The molecule has 1 aromatic carbocycles. The number of rotatable bonds is 2. The van der Waals surface area contributed by atoms with E-state index < -0.39 is 0 Å². The number of hydrogen-bond donors (Lipinski definition) is 1. The van der Waals surface area contributed by atoms with E-state index in [9.17, 15) is 4.79 Å². The lowest BCUT2D eigenvalue weighted by atomic mass is 10.2. The lowest BCUT2D eigenvalue weighted by Gasteiger charge is -2.04. The van der Waals surface area contributed by atoms with Gasteiger partial charge in [0.2, 0.25) is 0 Å². The van der Waals surface area contributed by atoms with Gasteiger partial charge < -0.3 is 5.32 Å². The van der Waals surface area contributed by atoms with Crippen LogP contribution in [-0.2, 0) is 7.05 Å². The fraction of sp³-hybridized carbons (Fsp3) is 0.0909. The third-order valence-corrected chi connectivity index (χ3v) is 2.42. The highest BCUT2D eigenvalue weighted by Gasteiger charge is 2.07. The highest BCUT2D eigenvalue weighted by molar-refractivity contribution is 6.30. The van der Waals surface area contributed by atoms with Gasteiger partial charge in [0.1, 0.15) is 5.82 Å². The van der Waals surface area contributed by atoms with Crippen molar-refractivity contribution in [2.24, 2.45) is 7.05 Å². The molecule has 0 saturated carbocycles. The van der Waals surface area contributed by atoms with E-state index in [0.717, 1.165) is 0 Å². The van der Waals surface area contributed by atoms with Crippen LogP contribution in [0, 0.1) is 0 Å². The molecule has 0 bridgehead atoms. The number of aromatic nitrogens is 2. The van der Waals surface area contributed by atoms with Gasteiger partial charge in [-0.1, -0.05) is 11.6 Å². The van der Waals surface area contributed by atoms with Gasteiger partial charge in [0.05, 0.1) is 6.20 Å². The predicted octanol–water partition coefficient (Wildman–Crippen LogP) is 2.33. The summed E-state index contributed by atoms with van der Waals surface area (Å²) < 4.78 is 1.59. The minimum Gasteiger partial charge on any atom is -0.307 e. The van der Waals surface area contributed by atoms with E-state index in [4.69, 9.17) is 11.6 Å². The Morgan fingerprint density at radius 2 is 2.00 bits per heavy atom. The SMILES string of the molecule is Cn1nccc1NC(=O)c1ccc(Cl)cc1. The van der Waals surface area contributed by atoms with Gasteiger partial charge in [0.25, 0.3) is 5.91 Å². The minimum absolute atomic E-state index is 0.180. The number of nitrogens with one attached hydrogen (secondary N) is 1. The smallest absolute Gasteiger partial charge is 0.256 e. The Bertz CT molecular complexity index is 504. The van der Waals surface area contributed by atoms with Crippen molar-refractivity contribution in [2.45, 2.75) is 0 Å². The van der Waals surface area contributed by atoms with Crippen LogP contribution in [0.25, 0.3) is 0 Å². The Hall–Kier alpha value is -1.81. The first kappa shape index (κ1) is 10.7. The summed E-state index contributed by atoms with van der Waals surface area (Å²) in [7, 11) is 1.76. The maximum absolute atomic E-state index is 11.8. The van der Waals surface area contributed by atoms with Crippen molar-refractivity contribution in [3.8, 4) is 0 Å². The van der Waals surface area contributed by atoms with Gasteiger partial charge in [0.15, 0.2) is 0 Å². The topological polar surface area (TPSA) is 46.9 Å². The molecule has 5 heteroatoms. The first-order valence-corrected chi connectivity index (χ1v) is 5.09. The summed E-state index contributed by atoms with van der Waals surface area (Å²) in [6.07, 6.45) is 1.62. The fourth-order valence-corrected chi connectivity index (χ4v) is 1.41. The minimum atomic E-state index is -0.180. The number of amides is 1. The maximum Gasteiger partial charge on any atom is 0.256 e. The molecule has 82 valence electrons. The van der Waals surface area contributed by atoms with E-state index in [-0.39, 0.29) is 5.91 Å². The van der Waals surface area contributed by atoms with Crippen LogP contribution in [0.4, 0.5) is 5.82 Å². The third kappa shape index (κ3) is 2.23. The van der Waals surface area contributed by atoms with Gasteiger partial charge in [0, 0.05) is 23.7 Å². The Kier molecular flexibility index (Phi) is 2.92. The molecule has 0 aliphatic heterocycles. The van der Waals surface area contributed by atoms with Crippen LogP contribution in [0.15, 0.2) is 36.5 Å². The molecule has 1 N–H and O–H groups in total. The monoisotopic (exact) mass is 235 g/mol. The number of nitrogens with zero attached hydrogens (tertiary/aromatic N) is 2. The number of benzene rings is 1. The lowest BCUT2D eigenvalue weighted by molar-refractivity contribution is 0.102. The third-order valence-electron chi connectivity index (χ3n) is 2.17. The molecule has 2 rings (SSSR count). The molecule has 4 nitrogen and oxygen atoms in total. The van der Waals surface area contributed by atoms with Crippen molar-refractivity contribution < 1.29 is 4.79 Å². The Labute approximate surface area is 97.8 Å². The number of hydrogen-bond acceptors (Lipinski definition) is 2. The summed E-state index contributed by atoms with van der Waals surface area (Å²) in [6, 6.07) is 8.44. The van der Waals surface area contributed by atoms with Crippen molar-refractivity contribution in [3.05, 3.63) is 47.1 Å². The molecule has 0 radical (unpaired) electrons. The average molecular weight is 236 g/mol. The standard InChI is InChI=1S/C11H10ClN3O/c1-15-10(6-7-13-15)14-11(16)8-2-4-9(12)5-3-8/h2-7H,1H3,(H,14,16). The van der Waals surface area contributed by atoms with E-state index >= 15 is 0 Å². The predicted molar refractivity (Wildman–Crippen MR) is 62.6 cm³/mol. The lowest BCUT2D eigenvalue weighted by Crippen LogP contribution is -2.14. The second-order valence-electron chi connectivity index (χ2n) is 3.30. The van der Waals surface area contributed by atoms with E-state index in [0.29, 0.717) is 16.4 Å². The summed E-state index contributed by atoms with van der Waals surface area (Å²) in [4.78, 5) is 11.8. The van der Waals surface area contributed by atoms with Crippen LogP contribution in [0.2, 0.25) is 5.02 Å². The number of carbonyl (C=O) groups is 1. The van der Waals surface area contributed by atoms with Crippen LogP contribution >= 0.6 is 11.6 Å². The Morgan fingerprint density at radius 3 is 2.56 bits per heavy atom. The molecule has 0 unspecified atom stereocenters. The van der Waals surface area contributed by atoms with Crippen molar-refractivity contribution in [3.63, 3.8) is 0 Å². The van der Waals surface area contributed by atoms with Crippen LogP contribution in [0.3, 0.4) is 0 Å². The molecule has 1 aromatic heterocycles. The summed E-state index contributed by atoms with van der Waals surface area (Å²) >= 11 is 5.74. The van der Waals surface area contributed by atoms with Crippen LogP contribution in [0.5, 0.6) is 0 Å². The molecule has 16 heavy (non-hydrogen) atoms. The molecule has 1 amide bonds. The summed E-state index contributed by atoms with van der Waals surface area (Å²) in [5, 5.41) is 7.31. The molecule has 0 fully saturated rings. The van der Waals surface area contributed by atoms with Crippen LogP contribution in [-0.4, -0.2) is 15.7 Å². The summed E-state index contributed by atoms with van der Waals surface area (Å²) in [5.41, 5.74) is 0.561. The van der Waals surface area contributed by atoms with Crippen molar-refractivity contribution in [1.29, 1.82) is 0 Å². The first-order chi connectivity index (χ1) is 7.66. The second kappa shape index (κ2) is 4.37. The second-order valence-corrected chi connectivity index (χ2v) is 3.74. The molecule has 0 aliphatic rings. The van der Waals surface area contributed by atoms with Crippen LogP contribution in [0.1, 0.15) is 10.4 Å². The molecule has 0 saturated heterocycles. The molecule has 0 spiro atoms. The van der Waals surface area contributed by atoms with Gasteiger partial charge in [-0.2, -0.15) is 5.10 Å². The largest absolute Gasteiger partial charge is 0.307 e. The van der Waals surface area contributed by atoms with E-state index in [2.05, 4.69) is 10.4 Å². The number of carbonyl (C=O) groups excluding carboxylic acids is 1. The fourth-order valence-electron chi connectivity index (χ4n) is 1.29. The molecule has 2 aromatic rings. The van der Waals surface area contributed by atoms with Gasteiger partial charge in [-0.15, -0.1) is 0 Å². The van der Waals surface area contributed by atoms with E-state index in [1.54, 1.807) is 48.3 Å². The van der Waals surface area contributed by atoms with Crippen molar-refractivity contribution in [1.82, 2.24) is 9.78 Å². The molecular formula is C11H10ClN3O. The maximum atomic E-state index is 11.8. The van der Waals surface area contributed by atoms with Gasteiger partial charge in [-0.25, -0.2) is 0 Å². The quantitative estimate of drug-likeness (QED) is 0.869. The highest BCUT2D eigenvalue weighted by atomic mass is 35.5. The zero-order chi connectivity index (χ0) is 11.5. The summed E-state index contributed by atoms with van der Waals surface area (Å²) in [5.74, 6) is 0.472. The van der Waals surface area contributed by atoms with Gasteiger partial charge in [-0.05, 0) is 24.3 Å². The van der Waals surface area contributed by atoms with Gasteiger partial charge in [-0.3, -0.25) is 9.48 Å². The van der Waals surface area contributed by atoms with E-state index in [1.165, 1.54) is 0 Å². The zero-order valence-corrected chi connectivity index (χ0v) is 9.40. The number of halogens is 1. The first-order valence-electron chi connectivity index (χ1n) is 4.72. The number of aryl methyl sites for hydroxylation is 1. The Balaban J connectivity index is 2.15. The summed E-state index contributed by atoms with van der Waals surface area (Å²) in [6.45, 7) is 0. The normalized spacial score (nSPS) is 10.1. The average Bonchev–Trinajstić information content (AvgIpc) is 2.65. The van der Waals surface area contributed by atoms with Crippen molar-refractivity contribution >= 4 is 23.3 Å². The van der Waals surface area contributed by atoms with Crippen LogP contribution < -0.4 is 5.32 Å². The Morgan fingerprint density at radius 1 is 1.31 bits per heavy atom. The molecule has 0 atom stereocenters. The molecule has 1 heterocycles. The molecular weight excluding hydrogens is 226 g/mol. The van der Waals surface area contributed by atoms with Gasteiger partial charge >= 0.3 is 0 Å². The molecule has 0 aliphatic carbocycles. The highest BCUT2D eigenvalue weighted by Crippen LogP contribution is 2.11. The van der Waals surface area contributed by atoms with Crippen molar-refractivity contribution in [2.75, 3.05) is 5.32 Å². The zero-order valence-electron chi connectivity index (χ0n) is 8.64. The van der Waals surface area contributed by atoms with E-state index in [1.807, 2.05) is 0 Å².